The van der Waals surface area contributed by atoms with E-state index in [9.17, 15) is 9.18 Å². The number of rotatable bonds is 4. The summed E-state index contributed by atoms with van der Waals surface area (Å²) >= 11 is 0. The van der Waals surface area contributed by atoms with Crippen molar-refractivity contribution >= 4 is 12.0 Å². The number of amides is 1. The fourth-order valence-electron chi connectivity index (χ4n) is 1.73. The van der Waals surface area contributed by atoms with Gasteiger partial charge in [-0.2, -0.15) is 0 Å². The van der Waals surface area contributed by atoms with Crippen LogP contribution in [0, 0.1) is 5.82 Å². The van der Waals surface area contributed by atoms with Gasteiger partial charge in [-0.1, -0.05) is 24.3 Å². The van der Waals surface area contributed by atoms with Crippen molar-refractivity contribution in [2.45, 2.75) is 6.54 Å². The van der Waals surface area contributed by atoms with Crippen LogP contribution in [0.4, 0.5) is 4.39 Å². The Balaban J connectivity index is 1.99. The first kappa shape index (κ1) is 13.9. The highest BCUT2D eigenvalue weighted by atomic mass is 19.1. The van der Waals surface area contributed by atoms with Crippen LogP contribution in [0.15, 0.2) is 54.9 Å². The molecule has 0 spiro atoms. The molecule has 1 heterocycles. The maximum absolute atomic E-state index is 13.5. The molecule has 102 valence electrons. The predicted octanol–water partition coefficient (Wildman–Crippen LogP) is 2.89. The molecule has 0 aliphatic rings. The van der Waals surface area contributed by atoms with Crippen LogP contribution < -0.4 is 0 Å². The minimum absolute atomic E-state index is 0.183. The van der Waals surface area contributed by atoms with E-state index in [4.69, 9.17) is 0 Å². The second-order valence-corrected chi connectivity index (χ2v) is 4.41. The molecule has 0 saturated carbocycles. The summed E-state index contributed by atoms with van der Waals surface area (Å²) in [7, 11) is 1.64. The molecule has 1 aromatic heterocycles. The van der Waals surface area contributed by atoms with Gasteiger partial charge >= 0.3 is 0 Å². The summed E-state index contributed by atoms with van der Waals surface area (Å²) in [5, 5.41) is 0. The molecule has 20 heavy (non-hydrogen) atoms. The molecule has 0 aliphatic carbocycles. The number of carbonyl (C=O) groups is 1. The molecule has 3 nitrogen and oxygen atoms in total. The quantitative estimate of drug-likeness (QED) is 0.800. The minimum Gasteiger partial charge on any atom is -0.338 e. The lowest BCUT2D eigenvalue weighted by Crippen LogP contribution is -2.24. The van der Waals surface area contributed by atoms with Gasteiger partial charge in [0.1, 0.15) is 5.82 Å². The largest absolute Gasteiger partial charge is 0.338 e. The maximum atomic E-state index is 13.5. The van der Waals surface area contributed by atoms with Crippen LogP contribution in [-0.2, 0) is 11.3 Å². The molecule has 0 bridgehead atoms. The molecular formula is C16H15FN2O. The summed E-state index contributed by atoms with van der Waals surface area (Å²) < 4.78 is 13.5. The molecule has 0 unspecified atom stereocenters. The lowest BCUT2D eigenvalue weighted by atomic mass is 10.2. The second-order valence-electron chi connectivity index (χ2n) is 4.41. The predicted molar refractivity (Wildman–Crippen MR) is 76.1 cm³/mol. The van der Waals surface area contributed by atoms with E-state index in [0.29, 0.717) is 5.56 Å². The Morgan fingerprint density at radius 2 is 2.10 bits per heavy atom. The van der Waals surface area contributed by atoms with Gasteiger partial charge in [0.25, 0.3) is 0 Å². The first-order valence-electron chi connectivity index (χ1n) is 6.23. The molecule has 1 aromatic carbocycles. The zero-order chi connectivity index (χ0) is 14.4. The fourth-order valence-corrected chi connectivity index (χ4v) is 1.73. The SMILES string of the molecule is CN(Cc1ccccc1F)C(=O)/C=C/c1cccnc1. The van der Waals surface area contributed by atoms with E-state index >= 15 is 0 Å². The number of benzene rings is 1. The Morgan fingerprint density at radius 3 is 2.80 bits per heavy atom. The molecule has 4 heteroatoms. The first-order chi connectivity index (χ1) is 9.66. The van der Waals surface area contributed by atoms with Gasteiger partial charge in [-0.25, -0.2) is 4.39 Å². The molecule has 2 rings (SSSR count). The van der Waals surface area contributed by atoms with E-state index in [1.807, 2.05) is 6.07 Å². The third-order valence-corrected chi connectivity index (χ3v) is 2.84. The average Bonchev–Trinajstić information content (AvgIpc) is 2.48. The molecular weight excluding hydrogens is 255 g/mol. The Kier molecular flexibility index (Phi) is 4.60. The molecule has 0 fully saturated rings. The van der Waals surface area contributed by atoms with Crippen LogP contribution in [0.3, 0.4) is 0 Å². The normalized spacial score (nSPS) is 10.7. The van der Waals surface area contributed by atoms with Gasteiger partial charge in [-0.15, -0.1) is 0 Å². The van der Waals surface area contributed by atoms with Gasteiger partial charge in [0.2, 0.25) is 5.91 Å². The van der Waals surface area contributed by atoms with E-state index < -0.39 is 0 Å². The van der Waals surface area contributed by atoms with Crippen LogP contribution in [0.2, 0.25) is 0 Å². The molecule has 0 saturated heterocycles. The van der Waals surface area contributed by atoms with Crippen molar-refractivity contribution < 1.29 is 9.18 Å². The highest BCUT2D eigenvalue weighted by Gasteiger charge is 2.08. The van der Waals surface area contributed by atoms with Crippen LogP contribution in [-0.4, -0.2) is 22.8 Å². The summed E-state index contributed by atoms with van der Waals surface area (Å²) in [5.41, 5.74) is 1.35. The molecule has 0 radical (unpaired) electrons. The maximum Gasteiger partial charge on any atom is 0.246 e. The fraction of sp³-hybridized carbons (Fsp3) is 0.125. The third kappa shape index (κ3) is 3.75. The zero-order valence-corrected chi connectivity index (χ0v) is 11.2. The van der Waals surface area contributed by atoms with Crippen molar-refractivity contribution in [3.05, 3.63) is 71.8 Å². The van der Waals surface area contributed by atoms with Gasteiger partial charge in [0.15, 0.2) is 0 Å². The van der Waals surface area contributed by atoms with Crippen molar-refractivity contribution in [1.82, 2.24) is 9.88 Å². The van der Waals surface area contributed by atoms with Gasteiger partial charge < -0.3 is 4.90 Å². The van der Waals surface area contributed by atoms with E-state index in [1.165, 1.54) is 17.0 Å². The van der Waals surface area contributed by atoms with Crippen molar-refractivity contribution in [3.8, 4) is 0 Å². The van der Waals surface area contributed by atoms with E-state index in [2.05, 4.69) is 4.98 Å². The Hall–Kier alpha value is -2.49. The van der Waals surface area contributed by atoms with Crippen molar-refractivity contribution in [2.75, 3.05) is 7.05 Å². The van der Waals surface area contributed by atoms with Crippen LogP contribution in [0.1, 0.15) is 11.1 Å². The van der Waals surface area contributed by atoms with E-state index in [1.54, 1.807) is 49.8 Å². The topological polar surface area (TPSA) is 33.2 Å². The second kappa shape index (κ2) is 6.61. The highest BCUT2D eigenvalue weighted by molar-refractivity contribution is 5.91. The first-order valence-corrected chi connectivity index (χ1v) is 6.23. The van der Waals surface area contributed by atoms with Crippen molar-refractivity contribution in [2.24, 2.45) is 0 Å². The van der Waals surface area contributed by atoms with Gasteiger partial charge in [-0.3, -0.25) is 9.78 Å². The summed E-state index contributed by atoms with van der Waals surface area (Å²) in [5.74, 6) is -0.486. The lowest BCUT2D eigenvalue weighted by Gasteiger charge is -2.15. The number of nitrogens with zero attached hydrogens (tertiary/aromatic N) is 2. The van der Waals surface area contributed by atoms with Crippen molar-refractivity contribution in [3.63, 3.8) is 0 Å². The summed E-state index contributed by atoms with van der Waals surface area (Å²) in [4.78, 5) is 17.4. The Bertz CT molecular complexity index is 611. The number of pyridine rings is 1. The lowest BCUT2D eigenvalue weighted by molar-refractivity contribution is -0.125. The molecule has 0 atom stereocenters. The molecule has 0 N–H and O–H groups in total. The van der Waals surface area contributed by atoms with Crippen LogP contribution >= 0.6 is 0 Å². The monoisotopic (exact) mass is 270 g/mol. The minimum atomic E-state index is -0.302. The average molecular weight is 270 g/mol. The van der Waals surface area contributed by atoms with Crippen LogP contribution in [0.5, 0.6) is 0 Å². The van der Waals surface area contributed by atoms with E-state index in [0.717, 1.165) is 5.56 Å². The highest BCUT2D eigenvalue weighted by Crippen LogP contribution is 2.09. The standard InChI is InChI=1S/C16H15FN2O/c1-19(12-14-6-2-3-7-15(14)17)16(20)9-8-13-5-4-10-18-11-13/h2-11H,12H2,1H3/b9-8+. The molecule has 1 amide bonds. The van der Waals surface area contributed by atoms with Crippen LogP contribution in [0.25, 0.3) is 6.08 Å². The molecule has 2 aromatic rings. The number of aromatic nitrogens is 1. The summed E-state index contributed by atoms with van der Waals surface area (Å²) in [6.45, 7) is 0.239. The number of halogens is 1. The number of carbonyl (C=O) groups excluding carboxylic acids is 1. The Labute approximate surface area is 117 Å². The molecule has 0 aliphatic heterocycles. The number of hydrogen-bond donors (Lipinski definition) is 0. The number of likely N-dealkylation sites (N-methyl/N-ethyl adjacent to an activating group) is 1. The third-order valence-electron chi connectivity index (χ3n) is 2.84. The smallest absolute Gasteiger partial charge is 0.246 e. The van der Waals surface area contributed by atoms with Crippen molar-refractivity contribution in [1.29, 1.82) is 0 Å². The Morgan fingerprint density at radius 1 is 1.30 bits per heavy atom. The van der Waals surface area contributed by atoms with Gasteiger partial charge in [0, 0.05) is 37.6 Å². The number of hydrogen-bond acceptors (Lipinski definition) is 2. The zero-order valence-electron chi connectivity index (χ0n) is 11.2. The van der Waals surface area contributed by atoms with E-state index in [-0.39, 0.29) is 18.3 Å². The summed E-state index contributed by atoms with van der Waals surface area (Å²) in [6.07, 6.45) is 6.48. The summed E-state index contributed by atoms with van der Waals surface area (Å²) in [6, 6.07) is 10.1. The van der Waals surface area contributed by atoms with Gasteiger partial charge in [-0.05, 0) is 23.8 Å². The van der Waals surface area contributed by atoms with Gasteiger partial charge in [0.05, 0.1) is 0 Å².